The number of hydrogen-bond donors (Lipinski definition) is 0. The van der Waals surface area contributed by atoms with Crippen molar-refractivity contribution in [2.45, 2.75) is 23.6 Å². The molecule has 0 aliphatic rings. The van der Waals surface area contributed by atoms with E-state index in [1.807, 2.05) is 0 Å². The highest BCUT2D eigenvalue weighted by Gasteiger charge is 2.56. The zero-order valence-electron chi connectivity index (χ0n) is 4.85. The SMILES string of the molecule is CC(F)(C(Cl)Cl)C(F)(F)F. The lowest BCUT2D eigenvalue weighted by molar-refractivity contribution is -0.218. The highest BCUT2D eigenvalue weighted by Crippen LogP contribution is 2.39. The summed E-state index contributed by atoms with van der Waals surface area (Å²) in [5.74, 6) is 0. The van der Waals surface area contributed by atoms with Gasteiger partial charge in [-0.1, -0.05) is 0 Å². The molecule has 6 heteroatoms. The van der Waals surface area contributed by atoms with Crippen LogP contribution in [0.1, 0.15) is 6.92 Å². The van der Waals surface area contributed by atoms with Gasteiger partial charge in [0.25, 0.3) is 0 Å². The minimum absolute atomic E-state index is 0.289. The van der Waals surface area contributed by atoms with Crippen molar-refractivity contribution in [2.75, 3.05) is 0 Å². The number of halogens is 6. The summed E-state index contributed by atoms with van der Waals surface area (Å²) < 4.78 is 47.0. The van der Waals surface area contributed by atoms with Crippen LogP contribution in [0.4, 0.5) is 17.6 Å². The van der Waals surface area contributed by atoms with Crippen molar-refractivity contribution < 1.29 is 17.6 Å². The molecule has 0 saturated heterocycles. The fourth-order valence-corrected chi connectivity index (χ4v) is 0.371. The van der Waals surface area contributed by atoms with Gasteiger partial charge in [0.1, 0.15) is 4.84 Å². The monoisotopic (exact) mass is 198 g/mol. The Hall–Kier alpha value is 0.300. The summed E-state index contributed by atoms with van der Waals surface area (Å²) in [7, 11) is 0. The molecule has 10 heavy (non-hydrogen) atoms. The van der Waals surface area contributed by atoms with Gasteiger partial charge in [0.05, 0.1) is 0 Å². The Morgan fingerprint density at radius 1 is 1.10 bits per heavy atom. The summed E-state index contributed by atoms with van der Waals surface area (Å²) in [6, 6.07) is 0. The van der Waals surface area contributed by atoms with Gasteiger partial charge < -0.3 is 0 Å². The summed E-state index contributed by atoms with van der Waals surface area (Å²) in [5, 5.41) is 0. The van der Waals surface area contributed by atoms with Crippen LogP contribution in [0, 0.1) is 0 Å². The van der Waals surface area contributed by atoms with E-state index < -0.39 is 16.7 Å². The normalized spacial score (nSPS) is 19.2. The maximum atomic E-state index is 12.3. The van der Waals surface area contributed by atoms with Gasteiger partial charge in [-0.15, -0.1) is 23.2 Å². The Bertz CT molecular complexity index is 117. The van der Waals surface area contributed by atoms with E-state index in [1.165, 1.54) is 0 Å². The van der Waals surface area contributed by atoms with Crippen molar-refractivity contribution >= 4 is 23.2 Å². The molecule has 1 atom stereocenters. The van der Waals surface area contributed by atoms with Crippen LogP contribution < -0.4 is 0 Å². The second-order valence-electron chi connectivity index (χ2n) is 1.87. The summed E-state index contributed by atoms with van der Waals surface area (Å²) in [4.78, 5) is -2.09. The molecule has 0 rings (SSSR count). The third kappa shape index (κ3) is 1.89. The predicted molar refractivity (Wildman–Crippen MR) is 31.1 cm³/mol. The lowest BCUT2D eigenvalue weighted by Crippen LogP contribution is -2.43. The number of hydrogen-bond acceptors (Lipinski definition) is 0. The molecular weight excluding hydrogens is 195 g/mol. The molecule has 0 saturated carbocycles. The standard InChI is InChI=1S/C4H4Cl2F4/c1-3(7,2(5)6)4(8,9)10/h2H,1H3. The zero-order chi connectivity index (χ0) is 8.58. The zero-order valence-corrected chi connectivity index (χ0v) is 6.36. The van der Waals surface area contributed by atoms with Crippen molar-refractivity contribution in [1.29, 1.82) is 0 Å². The van der Waals surface area contributed by atoms with Gasteiger partial charge in [-0.3, -0.25) is 0 Å². The first-order valence-electron chi connectivity index (χ1n) is 2.23. The average Bonchev–Trinajstić information content (AvgIpc) is 1.62. The molecule has 0 aromatic heterocycles. The van der Waals surface area contributed by atoms with Gasteiger partial charge in [-0.05, 0) is 6.92 Å². The van der Waals surface area contributed by atoms with Crippen molar-refractivity contribution in [3.8, 4) is 0 Å². The van der Waals surface area contributed by atoms with Crippen LogP contribution in [0.3, 0.4) is 0 Å². The van der Waals surface area contributed by atoms with Crippen LogP contribution in [0.15, 0.2) is 0 Å². The quantitative estimate of drug-likeness (QED) is 0.449. The van der Waals surface area contributed by atoms with Crippen molar-refractivity contribution in [3.05, 3.63) is 0 Å². The molecule has 0 aliphatic carbocycles. The topological polar surface area (TPSA) is 0 Å². The highest BCUT2D eigenvalue weighted by molar-refractivity contribution is 6.45. The van der Waals surface area contributed by atoms with Crippen LogP contribution in [0.2, 0.25) is 0 Å². The third-order valence-electron chi connectivity index (χ3n) is 0.964. The molecule has 1 unspecified atom stereocenters. The largest absolute Gasteiger partial charge is 0.424 e. The Morgan fingerprint density at radius 3 is 1.40 bits per heavy atom. The van der Waals surface area contributed by atoms with E-state index in [9.17, 15) is 17.6 Å². The first kappa shape index (κ1) is 10.3. The first-order valence-corrected chi connectivity index (χ1v) is 3.10. The van der Waals surface area contributed by atoms with Gasteiger partial charge >= 0.3 is 6.18 Å². The van der Waals surface area contributed by atoms with Crippen LogP contribution in [-0.2, 0) is 0 Å². The molecule has 0 aromatic rings. The summed E-state index contributed by atoms with van der Waals surface area (Å²) in [6.07, 6.45) is -5.01. The fourth-order valence-electron chi connectivity index (χ4n) is 0.124. The molecule has 0 heterocycles. The van der Waals surface area contributed by atoms with Crippen molar-refractivity contribution in [3.63, 3.8) is 0 Å². The van der Waals surface area contributed by atoms with Crippen LogP contribution in [0.25, 0.3) is 0 Å². The highest BCUT2D eigenvalue weighted by atomic mass is 35.5. The van der Waals surface area contributed by atoms with Crippen LogP contribution in [0.5, 0.6) is 0 Å². The minimum Gasteiger partial charge on any atom is -0.231 e. The Balaban J connectivity index is 4.40. The summed E-state index contributed by atoms with van der Waals surface area (Å²) >= 11 is 9.45. The van der Waals surface area contributed by atoms with E-state index >= 15 is 0 Å². The summed E-state index contributed by atoms with van der Waals surface area (Å²) in [5.41, 5.74) is -3.53. The lowest BCUT2D eigenvalue weighted by atomic mass is 10.1. The molecular formula is C4H4Cl2F4. The number of rotatable bonds is 1. The maximum absolute atomic E-state index is 12.3. The second kappa shape index (κ2) is 2.74. The molecule has 0 aromatic carbocycles. The molecule has 0 N–H and O–H groups in total. The van der Waals surface area contributed by atoms with Gasteiger partial charge in [0.15, 0.2) is 0 Å². The van der Waals surface area contributed by atoms with E-state index in [4.69, 9.17) is 23.2 Å². The van der Waals surface area contributed by atoms with Gasteiger partial charge in [-0.2, -0.15) is 13.2 Å². The molecule has 0 fully saturated rings. The number of alkyl halides is 6. The second-order valence-corrected chi connectivity index (χ2v) is 2.97. The third-order valence-corrected chi connectivity index (χ3v) is 1.78. The van der Waals surface area contributed by atoms with Gasteiger partial charge in [0.2, 0.25) is 5.67 Å². The van der Waals surface area contributed by atoms with Gasteiger partial charge in [0, 0.05) is 0 Å². The predicted octanol–water partition coefficient (Wildman–Crippen LogP) is 3.08. The molecule has 0 bridgehead atoms. The lowest BCUT2D eigenvalue weighted by Gasteiger charge is -2.23. The molecule has 0 spiro atoms. The fraction of sp³-hybridized carbons (Fsp3) is 1.00. The summed E-state index contributed by atoms with van der Waals surface area (Å²) in [6.45, 7) is 0.289. The van der Waals surface area contributed by atoms with E-state index in [-0.39, 0.29) is 6.92 Å². The minimum atomic E-state index is -5.01. The van der Waals surface area contributed by atoms with Crippen LogP contribution in [-0.4, -0.2) is 16.7 Å². The van der Waals surface area contributed by atoms with E-state index in [0.717, 1.165) is 0 Å². The van der Waals surface area contributed by atoms with Crippen molar-refractivity contribution in [1.82, 2.24) is 0 Å². The molecule has 0 radical (unpaired) electrons. The molecule has 0 amide bonds. The smallest absolute Gasteiger partial charge is 0.231 e. The Morgan fingerprint density at radius 2 is 1.40 bits per heavy atom. The van der Waals surface area contributed by atoms with E-state index in [1.54, 1.807) is 0 Å². The van der Waals surface area contributed by atoms with E-state index in [2.05, 4.69) is 0 Å². The maximum Gasteiger partial charge on any atom is 0.424 e. The average molecular weight is 199 g/mol. The van der Waals surface area contributed by atoms with Crippen LogP contribution >= 0.6 is 23.2 Å². The molecule has 0 aliphatic heterocycles. The first-order chi connectivity index (χ1) is 4.19. The molecule has 0 nitrogen and oxygen atoms in total. The Labute approximate surface area is 65.1 Å². The van der Waals surface area contributed by atoms with E-state index in [0.29, 0.717) is 0 Å². The molecule has 62 valence electrons. The van der Waals surface area contributed by atoms with Crippen molar-refractivity contribution in [2.24, 2.45) is 0 Å². The Kier molecular flexibility index (Phi) is 2.82. The van der Waals surface area contributed by atoms with Gasteiger partial charge in [-0.25, -0.2) is 4.39 Å².